The van der Waals surface area contributed by atoms with Gasteiger partial charge in [0, 0.05) is 23.2 Å². The van der Waals surface area contributed by atoms with Crippen LogP contribution in [0.1, 0.15) is 32.3 Å². The summed E-state index contributed by atoms with van der Waals surface area (Å²) in [6.07, 6.45) is 4.48. The number of aliphatic hydroxyl groups excluding tert-OH is 1. The molecule has 1 N–H and O–H groups in total. The van der Waals surface area contributed by atoms with Gasteiger partial charge in [0.1, 0.15) is 6.04 Å². The highest BCUT2D eigenvalue weighted by Gasteiger charge is 2.76. The fourth-order valence-electron chi connectivity index (χ4n) is 6.30. The first-order valence-electron chi connectivity index (χ1n) is 13.2. The van der Waals surface area contributed by atoms with Crippen molar-refractivity contribution in [1.82, 2.24) is 9.80 Å². The first kappa shape index (κ1) is 28.9. The summed E-state index contributed by atoms with van der Waals surface area (Å²) in [4.78, 5) is 45.4. The van der Waals surface area contributed by atoms with Crippen LogP contribution in [0.5, 0.6) is 0 Å². The van der Waals surface area contributed by atoms with Crippen LogP contribution in [0, 0.1) is 17.8 Å². The first-order chi connectivity index (χ1) is 18.2. The van der Waals surface area contributed by atoms with Crippen LogP contribution in [0.4, 0.5) is 0 Å². The lowest BCUT2D eigenvalue weighted by Crippen LogP contribution is -2.58. The number of benzene rings is 1. The summed E-state index contributed by atoms with van der Waals surface area (Å²) < 4.78 is 4.78. The number of rotatable bonds is 12. The number of amides is 2. The van der Waals surface area contributed by atoms with E-state index < -0.39 is 34.6 Å². The molecule has 3 heterocycles. The van der Waals surface area contributed by atoms with Crippen LogP contribution in [-0.2, 0) is 25.7 Å². The normalized spacial score (nSPS) is 30.3. The minimum absolute atomic E-state index is 0.0441. The Morgan fingerprint density at radius 1 is 1.29 bits per heavy atom. The van der Waals surface area contributed by atoms with E-state index in [0.717, 1.165) is 5.56 Å². The Labute approximate surface area is 237 Å². The SMILES string of the molecule is C=CCCOC(=O)[C@H]1[C@@H]2SC3(CC2Br)C(C(=O)N(CC=C)Cc2ccccc2)N([C@@H](CO)C(C)C)C(=O)[C@H]13. The van der Waals surface area contributed by atoms with Gasteiger partial charge >= 0.3 is 5.97 Å². The number of alkyl halides is 1. The number of aliphatic hydroxyl groups is 1. The second kappa shape index (κ2) is 12.0. The largest absolute Gasteiger partial charge is 0.465 e. The number of thioether (sulfide) groups is 1. The van der Waals surface area contributed by atoms with Crippen LogP contribution in [0.2, 0.25) is 0 Å². The fraction of sp³-hybridized carbons (Fsp3) is 0.552. The number of hydrogen-bond acceptors (Lipinski definition) is 6. The van der Waals surface area contributed by atoms with E-state index in [0.29, 0.717) is 25.9 Å². The molecule has 0 aliphatic carbocycles. The van der Waals surface area contributed by atoms with Crippen LogP contribution in [-0.4, -0.2) is 79.4 Å². The van der Waals surface area contributed by atoms with Crippen molar-refractivity contribution >= 4 is 45.5 Å². The number of carbonyl (C=O) groups excluding carboxylic acids is 3. The number of carbonyl (C=O) groups is 3. The van der Waals surface area contributed by atoms with Gasteiger partial charge in [-0.05, 0) is 24.3 Å². The van der Waals surface area contributed by atoms with Gasteiger partial charge in [-0.1, -0.05) is 72.3 Å². The predicted molar refractivity (Wildman–Crippen MR) is 153 cm³/mol. The van der Waals surface area contributed by atoms with Crippen LogP contribution >= 0.6 is 27.7 Å². The van der Waals surface area contributed by atoms with Crippen LogP contribution in [0.3, 0.4) is 0 Å². The van der Waals surface area contributed by atoms with Crippen LogP contribution in [0.25, 0.3) is 0 Å². The Bertz CT molecular complexity index is 1070. The fourth-order valence-corrected chi connectivity index (χ4v) is 9.88. The Kier molecular flexibility index (Phi) is 9.10. The highest BCUT2D eigenvalue weighted by atomic mass is 79.9. The molecular formula is C29H37BrN2O5S. The van der Waals surface area contributed by atoms with Gasteiger partial charge < -0.3 is 19.6 Å². The zero-order valence-electron chi connectivity index (χ0n) is 22.0. The third kappa shape index (κ3) is 4.97. The molecule has 3 aliphatic heterocycles. The number of hydrogen-bond donors (Lipinski definition) is 1. The van der Waals surface area contributed by atoms with E-state index >= 15 is 0 Å². The minimum Gasteiger partial charge on any atom is -0.465 e. The Balaban J connectivity index is 1.77. The lowest BCUT2D eigenvalue weighted by atomic mass is 9.71. The van der Waals surface area contributed by atoms with Gasteiger partial charge in [-0.3, -0.25) is 14.4 Å². The number of nitrogens with zero attached hydrogens (tertiary/aromatic N) is 2. The smallest absolute Gasteiger partial charge is 0.310 e. The van der Waals surface area contributed by atoms with Crippen molar-refractivity contribution in [3.8, 4) is 0 Å². The minimum atomic E-state index is -0.816. The van der Waals surface area contributed by atoms with E-state index in [2.05, 4.69) is 29.1 Å². The van der Waals surface area contributed by atoms with E-state index in [-0.39, 0.29) is 41.0 Å². The van der Waals surface area contributed by atoms with Gasteiger partial charge in [0.25, 0.3) is 0 Å². The number of halogens is 1. The molecule has 7 nitrogen and oxygen atoms in total. The summed E-state index contributed by atoms with van der Waals surface area (Å²) in [6, 6.07) is 8.35. The molecule has 2 amide bonds. The van der Waals surface area contributed by atoms with Crippen molar-refractivity contribution in [2.45, 2.75) is 60.1 Å². The van der Waals surface area contributed by atoms with Crippen molar-refractivity contribution in [2.24, 2.45) is 17.8 Å². The molecule has 9 heteroatoms. The maximum Gasteiger partial charge on any atom is 0.310 e. The predicted octanol–water partition coefficient (Wildman–Crippen LogP) is 3.80. The molecule has 7 atom stereocenters. The molecule has 0 saturated carbocycles. The zero-order valence-corrected chi connectivity index (χ0v) is 24.4. The standard InChI is InChI=1S/C29H37BrN2O5S/c1-5-7-14-37-28(36)22-23-26(34)32(21(17-33)18(3)4)25(29(23)15-20(30)24(22)38-29)27(35)31(13-6-2)16-19-11-9-8-10-12-19/h5-6,8-12,18,20-25,33H,1-2,7,13-17H2,3-4H3/t20?,21-,22+,23-,24+,25?,29?/m0/s1. The molecule has 0 aromatic heterocycles. The van der Waals surface area contributed by atoms with E-state index in [1.54, 1.807) is 33.7 Å². The maximum absolute atomic E-state index is 14.5. The summed E-state index contributed by atoms with van der Waals surface area (Å²) >= 11 is 5.35. The molecule has 3 aliphatic rings. The van der Waals surface area contributed by atoms with Crippen LogP contribution < -0.4 is 0 Å². The van der Waals surface area contributed by atoms with Crippen molar-refractivity contribution in [2.75, 3.05) is 19.8 Å². The molecule has 1 spiro atoms. The van der Waals surface area contributed by atoms with Gasteiger partial charge in [-0.25, -0.2) is 0 Å². The van der Waals surface area contributed by atoms with Crippen molar-refractivity contribution in [1.29, 1.82) is 0 Å². The highest BCUT2D eigenvalue weighted by molar-refractivity contribution is 9.09. The molecule has 3 fully saturated rings. The summed E-state index contributed by atoms with van der Waals surface area (Å²) in [7, 11) is 0. The highest BCUT2D eigenvalue weighted by Crippen LogP contribution is 2.68. The molecule has 2 bridgehead atoms. The molecular weight excluding hydrogens is 568 g/mol. The zero-order chi connectivity index (χ0) is 27.6. The van der Waals surface area contributed by atoms with E-state index in [1.807, 2.05) is 44.2 Å². The summed E-state index contributed by atoms with van der Waals surface area (Å²) in [6.45, 7) is 12.0. The lowest BCUT2D eigenvalue weighted by molar-refractivity contribution is -0.154. The average molecular weight is 606 g/mol. The third-order valence-corrected chi connectivity index (χ3v) is 11.2. The second-order valence-corrected chi connectivity index (χ2v) is 13.4. The molecule has 1 aromatic rings. The van der Waals surface area contributed by atoms with Gasteiger partial charge in [-0.2, -0.15) is 0 Å². The molecule has 4 rings (SSSR count). The molecule has 206 valence electrons. The Morgan fingerprint density at radius 3 is 2.61 bits per heavy atom. The summed E-state index contributed by atoms with van der Waals surface area (Å²) in [5.74, 6) is -2.27. The number of fused-ring (bicyclic) bond motifs is 1. The van der Waals surface area contributed by atoms with Crippen molar-refractivity contribution in [3.63, 3.8) is 0 Å². The van der Waals surface area contributed by atoms with Gasteiger partial charge in [0.2, 0.25) is 11.8 Å². The maximum atomic E-state index is 14.5. The van der Waals surface area contributed by atoms with Crippen molar-refractivity contribution in [3.05, 3.63) is 61.2 Å². The van der Waals surface area contributed by atoms with E-state index in [4.69, 9.17) is 4.74 Å². The third-order valence-electron chi connectivity index (χ3n) is 7.99. The summed E-state index contributed by atoms with van der Waals surface area (Å²) in [5.41, 5.74) is 0.973. The van der Waals surface area contributed by atoms with Crippen LogP contribution in [0.15, 0.2) is 55.6 Å². The molecule has 38 heavy (non-hydrogen) atoms. The second-order valence-electron chi connectivity index (χ2n) is 10.6. The van der Waals surface area contributed by atoms with Gasteiger partial charge in [0.15, 0.2) is 0 Å². The lowest BCUT2D eigenvalue weighted by Gasteiger charge is -2.41. The average Bonchev–Trinajstić information content (AvgIpc) is 3.48. The molecule has 3 saturated heterocycles. The Hall–Kier alpha value is -2.10. The topological polar surface area (TPSA) is 87.2 Å². The Morgan fingerprint density at radius 2 is 2.00 bits per heavy atom. The number of esters is 1. The first-order valence-corrected chi connectivity index (χ1v) is 15.0. The molecule has 0 radical (unpaired) electrons. The van der Waals surface area contributed by atoms with E-state index in [9.17, 15) is 19.5 Å². The van der Waals surface area contributed by atoms with E-state index in [1.165, 1.54) is 0 Å². The summed E-state index contributed by atoms with van der Waals surface area (Å²) in [5, 5.41) is 10.2. The monoisotopic (exact) mass is 604 g/mol. The van der Waals surface area contributed by atoms with Crippen molar-refractivity contribution < 1.29 is 24.2 Å². The number of ether oxygens (including phenoxy) is 1. The quantitative estimate of drug-likeness (QED) is 0.169. The van der Waals surface area contributed by atoms with Gasteiger partial charge in [0.05, 0.1) is 35.8 Å². The number of likely N-dealkylation sites (tertiary alicyclic amines) is 1. The van der Waals surface area contributed by atoms with Gasteiger partial charge in [-0.15, -0.1) is 24.9 Å². The molecule has 3 unspecified atom stereocenters. The molecule has 1 aromatic carbocycles.